The van der Waals surface area contributed by atoms with Crippen LogP contribution in [0.15, 0.2) is 12.1 Å². The van der Waals surface area contributed by atoms with Crippen molar-refractivity contribution in [2.75, 3.05) is 6.54 Å². The number of nitrogens with one attached hydrogen (secondary N) is 1. The molecule has 1 unspecified atom stereocenters. The molecule has 1 aliphatic rings. The van der Waals surface area contributed by atoms with Gasteiger partial charge in [-0.2, -0.15) is 0 Å². The van der Waals surface area contributed by atoms with Crippen molar-refractivity contribution in [2.45, 2.75) is 38.6 Å². The molecule has 2 rings (SSSR count). The van der Waals surface area contributed by atoms with Crippen LogP contribution in [0.4, 0.5) is 0 Å². The van der Waals surface area contributed by atoms with E-state index in [1.54, 1.807) is 0 Å². The zero-order chi connectivity index (χ0) is 11.9. The van der Waals surface area contributed by atoms with Crippen LogP contribution in [0, 0.1) is 0 Å². The van der Waals surface area contributed by atoms with Crippen molar-refractivity contribution < 1.29 is 0 Å². The van der Waals surface area contributed by atoms with Crippen LogP contribution in [0.3, 0.4) is 0 Å². The summed E-state index contributed by atoms with van der Waals surface area (Å²) in [4.78, 5) is 0. The third kappa shape index (κ3) is 1.97. The molecule has 0 bridgehead atoms. The Morgan fingerprint density at radius 3 is 2.69 bits per heavy atom. The van der Waals surface area contributed by atoms with Crippen LogP contribution >= 0.6 is 23.2 Å². The Morgan fingerprint density at radius 2 is 2.06 bits per heavy atom. The lowest BCUT2D eigenvalue weighted by atomic mass is 9.86. The molecule has 88 valence electrons. The van der Waals surface area contributed by atoms with Gasteiger partial charge in [-0.3, -0.25) is 0 Å². The number of fused-ring (bicyclic) bond motifs is 1. The summed E-state index contributed by atoms with van der Waals surface area (Å²) in [7, 11) is 0. The lowest BCUT2D eigenvalue weighted by molar-refractivity contribution is 0.434. The van der Waals surface area contributed by atoms with Gasteiger partial charge in [0.2, 0.25) is 0 Å². The number of hydrogen-bond donors (Lipinski definition) is 1. The predicted molar refractivity (Wildman–Crippen MR) is 70.5 cm³/mol. The zero-order valence-electron chi connectivity index (χ0n) is 9.90. The van der Waals surface area contributed by atoms with Gasteiger partial charge in [-0.1, -0.05) is 44.0 Å². The summed E-state index contributed by atoms with van der Waals surface area (Å²) in [6.45, 7) is 7.56. The summed E-state index contributed by atoms with van der Waals surface area (Å²) in [5.41, 5.74) is 2.65. The Balaban J connectivity index is 2.54. The molecule has 0 aromatic heterocycles. The van der Waals surface area contributed by atoms with E-state index < -0.39 is 0 Å². The van der Waals surface area contributed by atoms with Crippen molar-refractivity contribution in [3.05, 3.63) is 33.3 Å². The highest BCUT2D eigenvalue weighted by Gasteiger charge is 2.38. The summed E-state index contributed by atoms with van der Waals surface area (Å²) in [6, 6.07) is 4.27. The molecule has 0 saturated carbocycles. The van der Waals surface area contributed by atoms with Crippen molar-refractivity contribution in [1.82, 2.24) is 5.32 Å². The minimum atomic E-state index is 0.129. The molecule has 0 amide bonds. The van der Waals surface area contributed by atoms with E-state index in [1.165, 1.54) is 11.1 Å². The first kappa shape index (κ1) is 12.2. The fourth-order valence-electron chi connectivity index (χ4n) is 2.73. The second kappa shape index (κ2) is 4.21. The number of halogens is 2. The fourth-order valence-corrected chi connectivity index (χ4v) is 3.50. The Morgan fingerprint density at radius 1 is 1.38 bits per heavy atom. The van der Waals surface area contributed by atoms with Gasteiger partial charge in [0.05, 0.1) is 0 Å². The molecule has 0 heterocycles. The summed E-state index contributed by atoms with van der Waals surface area (Å²) in [5.74, 6) is 0. The molecule has 1 atom stereocenters. The van der Waals surface area contributed by atoms with Gasteiger partial charge in [-0.15, -0.1) is 0 Å². The molecule has 1 N–H and O–H groups in total. The molecule has 0 radical (unpaired) electrons. The second-order valence-electron chi connectivity index (χ2n) is 5.05. The van der Waals surface area contributed by atoms with Gasteiger partial charge in [0, 0.05) is 16.1 Å². The molecule has 1 aliphatic carbocycles. The number of hydrogen-bond acceptors (Lipinski definition) is 1. The van der Waals surface area contributed by atoms with Crippen LogP contribution in [0.2, 0.25) is 10.0 Å². The van der Waals surface area contributed by atoms with Crippen molar-refractivity contribution in [1.29, 1.82) is 0 Å². The molecule has 16 heavy (non-hydrogen) atoms. The monoisotopic (exact) mass is 257 g/mol. The second-order valence-corrected chi connectivity index (χ2v) is 5.89. The zero-order valence-corrected chi connectivity index (χ0v) is 11.4. The normalized spacial score (nSPS) is 22.2. The molecule has 1 aromatic carbocycles. The minimum absolute atomic E-state index is 0.129. The Labute approximate surface area is 107 Å². The van der Waals surface area contributed by atoms with Gasteiger partial charge >= 0.3 is 0 Å². The molecule has 3 heteroatoms. The summed E-state index contributed by atoms with van der Waals surface area (Å²) in [6.07, 6.45) is 1.08. The quantitative estimate of drug-likeness (QED) is 0.832. The smallest absolute Gasteiger partial charge is 0.0461 e. The van der Waals surface area contributed by atoms with Crippen LogP contribution in [0.5, 0.6) is 0 Å². The SMILES string of the molecule is CCNC1CC(C)(C)c2c(Cl)cc(Cl)cc21. The highest BCUT2D eigenvalue weighted by atomic mass is 35.5. The van der Waals surface area contributed by atoms with Gasteiger partial charge in [0.1, 0.15) is 0 Å². The minimum Gasteiger partial charge on any atom is -0.310 e. The van der Waals surface area contributed by atoms with Crippen LogP contribution < -0.4 is 5.32 Å². The first-order valence-corrected chi connectivity index (χ1v) is 6.44. The van der Waals surface area contributed by atoms with E-state index in [2.05, 4.69) is 26.1 Å². The van der Waals surface area contributed by atoms with Gasteiger partial charge in [0.15, 0.2) is 0 Å². The topological polar surface area (TPSA) is 12.0 Å². The number of benzene rings is 1. The molecule has 1 nitrogen and oxygen atoms in total. The molecule has 0 fully saturated rings. The maximum atomic E-state index is 6.31. The standard InChI is InChI=1S/C13H17Cl2N/c1-4-16-11-7-13(2,3)12-9(11)5-8(14)6-10(12)15/h5-6,11,16H,4,7H2,1-3H3. The van der Waals surface area contributed by atoms with Gasteiger partial charge in [-0.25, -0.2) is 0 Å². The Kier molecular flexibility index (Phi) is 3.22. The summed E-state index contributed by atoms with van der Waals surface area (Å²) < 4.78 is 0. The van der Waals surface area contributed by atoms with E-state index in [0.717, 1.165) is 23.0 Å². The van der Waals surface area contributed by atoms with E-state index in [4.69, 9.17) is 23.2 Å². The third-order valence-electron chi connectivity index (χ3n) is 3.30. The maximum Gasteiger partial charge on any atom is 0.0461 e. The van der Waals surface area contributed by atoms with E-state index in [9.17, 15) is 0 Å². The first-order valence-electron chi connectivity index (χ1n) is 5.68. The lowest BCUT2D eigenvalue weighted by Gasteiger charge is -2.20. The largest absolute Gasteiger partial charge is 0.310 e. The van der Waals surface area contributed by atoms with Gasteiger partial charge in [-0.05, 0) is 41.6 Å². The van der Waals surface area contributed by atoms with Crippen molar-refractivity contribution in [2.24, 2.45) is 0 Å². The highest BCUT2D eigenvalue weighted by molar-refractivity contribution is 6.35. The molecule has 0 saturated heterocycles. The van der Waals surface area contributed by atoms with Crippen molar-refractivity contribution in [3.63, 3.8) is 0 Å². The van der Waals surface area contributed by atoms with Crippen LogP contribution in [-0.4, -0.2) is 6.54 Å². The summed E-state index contributed by atoms with van der Waals surface area (Å²) in [5, 5.41) is 5.02. The maximum absolute atomic E-state index is 6.31. The molecule has 0 spiro atoms. The predicted octanol–water partition coefficient (Wildman–Crippen LogP) is 4.33. The lowest BCUT2D eigenvalue weighted by Crippen LogP contribution is -2.20. The Hall–Kier alpha value is -0.240. The van der Waals surface area contributed by atoms with E-state index >= 15 is 0 Å². The molecule has 0 aliphatic heterocycles. The molecular weight excluding hydrogens is 241 g/mol. The van der Waals surface area contributed by atoms with E-state index in [-0.39, 0.29) is 5.41 Å². The number of rotatable bonds is 2. The van der Waals surface area contributed by atoms with Crippen molar-refractivity contribution >= 4 is 23.2 Å². The fraction of sp³-hybridized carbons (Fsp3) is 0.538. The average Bonchev–Trinajstić information content (AvgIpc) is 2.38. The third-order valence-corrected chi connectivity index (χ3v) is 3.82. The van der Waals surface area contributed by atoms with Crippen molar-refractivity contribution in [3.8, 4) is 0 Å². The Bertz CT molecular complexity index is 413. The van der Waals surface area contributed by atoms with Gasteiger partial charge in [0.25, 0.3) is 0 Å². The van der Waals surface area contributed by atoms with E-state index in [0.29, 0.717) is 6.04 Å². The van der Waals surface area contributed by atoms with Crippen LogP contribution in [0.1, 0.15) is 44.4 Å². The van der Waals surface area contributed by atoms with Gasteiger partial charge < -0.3 is 5.32 Å². The average molecular weight is 258 g/mol. The summed E-state index contributed by atoms with van der Waals surface area (Å²) >= 11 is 12.4. The first-order chi connectivity index (χ1) is 7.45. The van der Waals surface area contributed by atoms with Crippen LogP contribution in [0.25, 0.3) is 0 Å². The van der Waals surface area contributed by atoms with E-state index in [1.807, 2.05) is 12.1 Å². The molecule has 1 aromatic rings. The van der Waals surface area contributed by atoms with Crippen LogP contribution in [-0.2, 0) is 5.41 Å². The highest BCUT2D eigenvalue weighted by Crippen LogP contribution is 2.48. The molecular formula is C13H17Cl2N.